The molecule has 7 nitrogen and oxygen atoms in total. The number of rotatable bonds is 9. The number of nitrogens with one attached hydrogen (secondary N) is 2. The van der Waals surface area contributed by atoms with Crippen LogP contribution in [0, 0.1) is 5.92 Å². The zero-order chi connectivity index (χ0) is 15.8. The van der Waals surface area contributed by atoms with Gasteiger partial charge < -0.3 is 20.6 Å². The first-order valence-corrected chi connectivity index (χ1v) is 7.51. The Kier molecular flexibility index (Phi) is 6.98. The van der Waals surface area contributed by atoms with Gasteiger partial charge in [0.15, 0.2) is 0 Å². The fourth-order valence-corrected chi connectivity index (χ4v) is 2.26. The van der Waals surface area contributed by atoms with Crippen LogP contribution in [0.5, 0.6) is 0 Å². The molecule has 7 heteroatoms. The van der Waals surface area contributed by atoms with Gasteiger partial charge >= 0.3 is 12.0 Å². The smallest absolute Gasteiger partial charge is 0.315 e. The monoisotopic (exact) mass is 299 g/mol. The van der Waals surface area contributed by atoms with E-state index in [2.05, 4.69) is 10.6 Å². The van der Waals surface area contributed by atoms with Gasteiger partial charge in [0, 0.05) is 32.1 Å². The Bertz CT molecular complexity index is 378. The number of aliphatic carboxylic acids is 1. The first-order chi connectivity index (χ1) is 9.97. The molecule has 1 aliphatic rings. The second kappa shape index (κ2) is 8.49. The Labute approximate surface area is 125 Å². The Morgan fingerprint density at radius 2 is 1.86 bits per heavy atom. The molecule has 0 heterocycles. The standard InChI is InChI=1S/C14H25N3O4/c1-3-17(4-2)12(18)7-8-15-14(21)16-11(9-13(19)20)10-5-6-10/h10-11H,3-9H2,1-2H3,(H,19,20)(H2,15,16,21). The summed E-state index contributed by atoms with van der Waals surface area (Å²) < 4.78 is 0. The van der Waals surface area contributed by atoms with Gasteiger partial charge in [-0.3, -0.25) is 9.59 Å². The molecule has 0 saturated heterocycles. The molecule has 1 unspecified atom stereocenters. The van der Waals surface area contributed by atoms with Gasteiger partial charge in [0.25, 0.3) is 0 Å². The largest absolute Gasteiger partial charge is 0.481 e. The summed E-state index contributed by atoms with van der Waals surface area (Å²) in [6.45, 7) is 5.39. The highest BCUT2D eigenvalue weighted by Crippen LogP contribution is 2.33. The molecule has 1 atom stereocenters. The molecule has 0 radical (unpaired) electrons. The molecule has 0 aromatic rings. The summed E-state index contributed by atoms with van der Waals surface area (Å²) in [6, 6.07) is -0.721. The molecule has 120 valence electrons. The van der Waals surface area contributed by atoms with E-state index in [1.54, 1.807) is 4.90 Å². The zero-order valence-corrected chi connectivity index (χ0v) is 12.7. The first kappa shape index (κ1) is 17.3. The van der Waals surface area contributed by atoms with Crippen LogP contribution >= 0.6 is 0 Å². The minimum absolute atomic E-state index is 0.00424. The van der Waals surface area contributed by atoms with Crippen molar-refractivity contribution in [3.8, 4) is 0 Å². The van der Waals surface area contributed by atoms with Crippen molar-refractivity contribution < 1.29 is 19.5 Å². The lowest BCUT2D eigenvalue weighted by Gasteiger charge is -2.19. The van der Waals surface area contributed by atoms with E-state index in [4.69, 9.17) is 5.11 Å². The third-order valence-electron chi connectivity index (χ3n) is 3.64. The van der Waals surface area contributed by atoms with E-state index < -0.39 is 12.0 Å². The third kappa shape index (κ3) is 6.46. The molecule has 0 spiro atoms. The molecule has 21 heavy (non-hydrogen) atoms. The van der Waals surface area contributed by atoms with Gasteiger partial charge in [0.2, 0.25) is 5.91 Å². The first-order valence-electron chi connectivity index (χ1n) is 7.51. The van der Waals surface area contributed by atoms with Crippen molar-refractivity contribution in [1.82, 2.24) is 15.5 Å². The molecular weight excluding hydrogens is 274 g/mol. The number of amides is 3. The molecule has 3 amide bonds. The van der Waals surface area contributed by atoms with E-state index in [9.17, 15) is 14.4 Å². The maximum Gasteiger partial charge on any atom is 0.315 e. The highest BCUT2D eigenvalue weighted by molar-refractivity contribution is 5.78. The third-order valence-corrected chi connectivity index (χ3v) is 3.64. The quantitative estimate of drug-likeness (QED) is 0.586. The van der Waals surface area contributed by atoms with E-state index in [1.807, 2.05) is 13.8 Å². The van der Waals surface area contributed by atoms with Crippen LogP contribution in [0.1, 0.15) is 39.5 Å². The Balaban J connectivity index is 2.26. The summed E-state index contributed by atoms with van der Waals surface area (Å²) in [4.78, 5) is 35.9. The van der Waals surface area contributed by atoms with Crippen LogP contribution in [-0.4, -0.2) is 53.6 Å². The topological polar surface area (TPSA) is 98.7 Å². The van der Waals surface area contributed by atoms with Crippen LogP contribution in [0.15, 0.2) is 0 Å². The molecule has 0 aromatic carbocycles. The molecule has 0 aliphatic heterocycles. The van der Waals surface area contributed by atoms with E-state index in [0.29, 0.717) is 13.1 Å². The summed E-state index contributed by atoms with van der Waals surface area (Å²) in [5.74, 6) is -0.641. The zero-order valence-electron chi connectivity index (χ0n) is 12.7. The minimum Gasteiger partial charge on any atom is -0.481 e. The van der Waals surface area contributed by atoms with Gasteiger partial charge in [-0.05, 0) is 32.6 Å². The number of hydrogen-bond donors (Lipinski definition) is 3. The van der Waals surface area contributed by atoms with Crippen molar-refractivity contribution >= 4 is 17.9 Å². The fourth-order valence-electron chi connectivity index (χ4n) is 2.26. The number of carbonyl (C=O) groups excluding carboxylic acids is 2. The number of hydrogen-bond acceptors (Lipinski definition) is 3. The predicted octanol–water partition coefficient (Wildman–Crippen LogP) is 0.797. The average molecular weight is 299 g/mol. The highest BCUT2D eigenvalue weighted by atomic mass is 16.4. The lowest BCUT2D eigenvalue weighted by Crippen LogP contribution is -2.45. The molecule has 0 aromatic heterocycles. The number of urea groups is 1. The van der Waals surface area contributed by atoms with Gasteiger partial charge in [0.05, 0.1) is 6.42 Å². The number of carboxylic acid groups (broad SMARTS) is 1. The maximum atomic E-state index is 11.7. The van der Waals surface area contributed by atoms with Crippen molar-refractivity contribution in [2.24, 2.45) is 5.92 Å². The van der Waals surface area contributed by atoms with Crippen LogP contribution in [0.4, 0.5) is 4.79 Å². The number of carbonyl (C=O) groups is 3. The lowest BCUT2D eigenvalue weighted by atomic mass is 10.1. The predicted molar refractivity (Wildman–Crippen MR) is 77.8 cm³/mol. The van der Waals surface area contributed by atoms with Gasteiger partial charge in [0.1, 0.15) is 0 Å². The summed E-state index contributed by atoms with van der Waals surface area (Å²) in [5, 5.41) is 14.1. The molecule has 1 rings (SSSR count). The summed E-state index contributed by atoms with van der Waals surface area (Å²) in [5.41, 5.74) is 0. The van der Waals surface area contributed by atoms with Crippen LogP contribution in [-0.2, 0) is 9.59 Å². The minimum atomic E-state index is -0.913. The van der Waals surface area contributed by atoms with Gasteiger partial charge in [-0.15, -0.1) is 0 Å². The van der Waals surface area contributed by atoms with Crippen LogP contribution in [0.2, 0.25) is 0 Å². The number of nitrogens with zero attached hydrogens (tertiary/aromatic N) is 1. The van der Waals surface area contributed by atoms with Crippen molar-refractivity contribution in [2.45, 2.75) is 45.6 Å². The summed E-state index contributed by atoms with van der Waals surface area (Å²) in [6.07, 6.45) is 2.11. The second-order valence-corrected chi connectivity index (χ2v) is 5.26. The SMILES string of the molecule is CCN(CC)C(=O)CCNC(=O)NC(CC(=O)O)C1CC1. The normalized spacial score (nSPS) is 15.1. The van der Waals surface area contributed by atoms with E-state index in [0.717, 1.165) is 12.8 Å². The molecule has 1 fully saturated rings. The van der Waals surface area contributed by atoms with Crippen LogP contribution < -0.4 is 10.6 Å². The Morgan fingerprint density at radius 3 is 2.33 bits per heavy atom. The van der Waals surface area contributed by atoms with Crippen LogP contribution in [0.3, 0.4) is 0 Å². The van der Waals surface area contributed by atoms with Gasteiger partial charge in [-0.25, -0.2) is 4.79 Å². The average Bonchev–Trinajstić information content (AvgIpc) is 3.23. The van der Waals surface area contributed by atoms with Crippen molar-refractivity contribution in [3.05, 3.63) is 0 Å². The lowest BCUT2D eigenvalue weighted by molar-refractivity contribution is -0.137. The molecular formula is C14H25N3O4. The van der Waals surface area contributed by atoms with Crippen molar-refractivity contribution in [1.29, 1.82) is 0 Å². The molecule has 0 bridgehead atoms. The summed E-state index contributed by atoms with van der Waals surface area (Å²) >= 11 is 0. The van der Waals surface area contributed by atoms with Crippen molar-refractivity contribution in [2.75, 3.05) is 19.6 Å². The Hall–Kier alpha value is -1.79. The van der Waals surface area contributed by atoms with E-state index in [1.165, 1.54) is 0 Å². The van der Waals surface area contributed by atoms with Crippen molar-refractivity contribution in [3.63, 3.8) is 0 Å². The van der Waals surface area contributed by atoms with Crippen LogP contribution in [0.25, 0.3) is 0 Å². The maximum absolute atomic E-state index is 11.7. The highest BCUT2D eigenvalue weighted by Gasteiger charge is 2.33. The van der Waals surface area contributed by atoms with E-state index in [-0.39, 0.29) is 37.3 Å². The van der Waals surface area contributed by atoms with Gasteiger partial charge in [-0.1, -0.05) is 0 Å². The molecule has 3 N–H and O–H groups in total. The second-order valence-electron chi connectivity index (χ2n) is 5.26. The molecule has 1 aliphatic carbocycles. The number of carboxylic acids is 1. The van der Waals surface area contributed by atoms with E-state index >= 15 is 0 Å². The fraction of sp³-hybridized carbons (Fsp3) is 0.786. The summed E-state index contributed by atoms with van der Waals surface area (Å²) in [7, 11) is 0. The Morgan fingerprint density at radius 1 is 1.24 bits per heavy atom. The molecule has 1 saturated carbocycles. The van der Waals surface area contributed by atoms with Gasteiger partial charge in [-0.2, -0.15) is 0 Å².